The SMILES string of the molecule is CC(C)(C)SCC(C(=O)Oc1ccccc1)C(=O)Oc1ccccc1. The Labute approximate surface area is 152 Å². The van der Waals surface area contributed by atoms with E-state index in [1.807, 2.05) is 32.9 Å². The second kappa shape index (κ2) is 8.72. The molecule has 0 amide bonds. The molecule has 0 atom stereocenters. The van der Waals surface area contributed by atoms with E-state index in [1.165, 1.54) is 11.8 Å². The van der Waals surface area contributed by atoms with Crippen LogP contribution in [0.1, 0.15) is 20.8 Å². The third-order valence-electron chi connectivity index (χ3n) is 3.18. The molecule has 0 aliphatic heterocycles. The molecule has 0 heterocycles. The fourth-order valence-corrected chi connectivity index (χ4v) is 2.86. The van der Waals surface area contributed by atoms with Crippen LogP contribution in [-0.2, 0) is 9.59 Å². The van der Waals surface area contributed by atoms with Crippen LogP contribution in [0.2, 0.25) is 0 Å². The van der Waals surface area contributed by atoms with Crippen molar-refractivity contribution in [2.75, 3.05) is 5.75 Å². The van der Waals surface area contributed by atoms with Crippen LogP contribution in [0.3, 0.4) is 0 Å². The maximum absolute atomic E-state index is 12.5. The lowest BCUT2D eigenvalue weighted by molar-refractivity contribution is -0.150. The molecule has 0 saturated carbocycles. The lowest BCUT2D eigenvalue weighted by atomic mass is 10.2. The maximum Gasteiger partial charge on any atom is 0.326 e. The average molecular weight is 358 g/mol. The van der Waals surface area contributed by atoms with Gasteiger partial charge in [-0.3, -0.25) is 9.59 Å². The number of hydrogen-bond acceptors (Lipinski definition) is 5. The molecule has 4 nitrogen and oxygen atoms in total. The highest BCUT2D eigenvalue weighted by atomic mass is 32.2. The van der Waals surface area contributed by atoms with E-state index in [0.717, 1.165) is 0 Å². The zero-order chi connectivity index (χ0) is 18.3. The lowest BCUT2D eigenvalue weighted by Crippen LogP contribution is -2.34. The summed E-state index contributed by atoms with van der Waals surface area (Å²) in [6.45, 7) is 6.08. The summed E-state index contributed by atoms with van der Waals surface area (Å²) in [6, 6.07) is 17.4. The molecule has 25 heavy (non-hydrogen) atoms. The second-order valence-corrected chi connectivity index (χ2v) is 8.29. The van der Waals surface area contributed by atoms with Gasteiger partial charge in [0.1, 0.15) is 11.5 Å². The molecule has 0 N–H and O–H groups in total. The molecule has 0 saturated heterocycles. The van der Waals surface area contributed by atoms with Crippen molar-refractivity contribution in [3.05, 3.63) is 60.7 Å². The molecular formula is C20H22O4S. The monoisotopic (exact) mass is 358 g/mol. The molecule has 0 spiro atoms. The summed E-state index contributed by atoms with van der Waals surface area (Å²) in [4.78, 5) is 25.0. The molecule has 0 aliphatic rings. The van der Waals surface area contributed by atoms with Gasteiger partial charge in [0.05, 0.1) is 0 Å². The Morgan fingerprint density at radius 1 is 0.840 bits per heavy atom. The van der Waals surface area contributed by atoms with Crippen LogP contribution in [-0.4, -0.2) is 22.4 Å². The summed E-state index contributed by atoms with van der Waals surface area (Å²) in [5, 5.41) is 0. The van der Waals surface area contributed by atoms with Crippen LogP contribution in [0, 0.1) is 5.92 Å². The van der Waals surface area contributed by atoms with E-state index in [4.69, 9.17) is 9.47 Å². The van der Waals surface area contributed by atoms with Gasteiger partial charge in [0, 0.05) is 10.5 Å². The Kier molecular flexibility index (Phi) is 6.65. The maximum atomic E-state index is 12.5. The number of esters is 2. The minimum Gasteiger partial charge on any atom is -0.426 e. The van der Waals surface area contributed by atoms with E-state index < -0.39 is 17.9 Å². The summed E-state index contributed by atoms with van der Waals surface area (Å²) in [7, 11) is 0. The highest BCUT2D eigenvalue weighted by Gasteiger charge is 2.32. The third-order valence-corrected chi connectivity index (χ3v) is 4.54. The number of para-hydroxylation sites is 2. The summed E-state index contributed by atoms with van der Waals surface area (Å²) < 4.78 is 10.6. The quantitative estimate of drug-likeness (QED) is 0.437. The lowest BCUT2D eigenvalue weighted by Gasteiger charge is -2.21. The molecule has 2 aromatic carbocycles. The van der Waals surface area contributed by atoms with Gasteiger partial charge in [0.15, 0.2) is 5.92 Å². The molecule has 132 valence electrons. The molecule has 0 radical (unpaired) electrons. The van der Waals surface area contributed by atoms with Crippen LogP contribution >= 0.6 is 11.8 Å². The van der Waals surface area contributed by atoms with Crippen LogP contribution < -0.4 is 9.47 Å². The molecule has 0 unspecified atom stereocenters. The molecule has 0 aromatic heterocycles. The van der Waals surface area contributed by atoms with E-state index >= 15 is 0 Å². The van der Waals surface area contributed by atoms with Gasteiger partial charge in [-0.25, -0.2) is 0 Å². The smallest absolute Gasteiger partial charge is 0.326 e. The van der Waals surface area contributed by atoms with Crippen LogP contribution in [0.15, 0.2) is 60.7 Å². The van der Waals surface area contributed by atoms with E-state index in [1.54, 1.807) is 48.5 Å². The van der Waals surface area contributed by atoms with Gasteiger partial charge in [0.25, 0.3) is 0 Å². The first-order valence-corrected chi connectivity index (χ1v) is 9.01. The summed E-state index contributed by atoms with van der Waals surface area (Å²) in [5.41, 5.74) is 0. The zero-order valence-corrected chi connectivity index (χ0v) is 15.4. The standard InChI is InChI=1S/C20H22O4S/c1-20(2,3)25-14-17(18(21)23-15-10-6-4-7-11-15)19(22)24-16-12-8-5-9-13-16/h4-13,17H,14H2,1-3H3. The summed E-state index contributed by atoms with van der Waals surface area (Å²) in [6.07, 6.45) is 0. The van der Waals surface area contributed by atoms with Gasteiger partial charge in [0.2, 0.25) is 0 Å². The Hall–Kier alpha value is -2.27. The topological polar surface area (TPSA) is 52.6 Å². The van der Waals surface area contributed by atoms with Crippen LogP contribution in [0.25, 0.3) is 0 Å². The number of ether oxygens (including phenoxy) is 2. The Bertz CT molecular complexity index is 639. The van der Waals surface area contributed by atoms with E-state index in [0.29, 0.717) is 17.3 Å². The number of carbonyl (C=O) groups excluding carboxylic acids is 2. The number of thioether (sulfide) groups is 1. The van der Waals surface area contributed by atoms with Gasteiger partial charge in [-0.15, -0.1) is 0 Å². The average Bonchev–Trinajstić information content (AvgIpc) is 2.55. The number of benzene rings is 2. The number of carbonyl (C=O) groups is 2. The molecule has 0 bridgehead atoms. The first-order valence-electron chi connectivity index (χ1n) is 8.02. The van der Waals surface area contributed by atoms with Crippen molar-refractivity contribution in [3.8, 4) is 11.5 Å². The van der Waals surface area contributed by atoms with Crippen LogP contribution in [0.4, 0.5) is 0 Å². The summed E-state index contributed by atoms with van der Waals surface area (Å²) >= 11 is 1.52. The Morgan fingerprint density at radius 3 is 1.60 bits per heavy atom. The molecule has 0 fully saturated rings. The normalized spacial score (nSPS) is 11.2. The molecular weight excluding hydrogens is 336 g/mol. The van der Waals surface area contributed by atoms with Crippen LogP contribution in [0.5, 0.6) is 11.5 Å². The van der Waals surface area contributed by atoms with Crippen molar-refractivity contribution in [3.63, 3.8) is 0 Å². The fraction of sp³-hybridized carbons (Fsp3) is 0.300. The number of rotatable bonds is 6. The van der Waals surface area contributed by atoms with Crippen molar-refractivity contribution in [2.24, 2.45) is 5.92 Å². The summed E-state index contributed by atoms with van der Waals surface area (Å²) in [5.74, 6) is -1.10. The van der Waals surface area contributed by atoms with Gasteiger partial charge >= 0.3 is 11.9 Å². The third kappa shape index (κ3) is 6.63. The first-order chi connectivity index (χ1) is 11.8. The van der Waals surface area contributed by atoms with Crippen molar-refractivity contribution >= 4 is 23.7 Å². The number of hydrogen-bond donors (Lipinski definition) is 0. The Morgan fingerprint density at radius 2 is 1.24 bits per heavy atom. The minimum absolute atomic E-state index is 0.0850. The highest BCUT2D eigenvalue weighted by Crippen LogP contribution is 2.27. The van der Waals surface area contributed by atoms with E-state index in [-0.39, 0.29) is 4.75 Å². The predicted molar refractivity (Wildman–Crippen MR) is 99.9 cm³/mol. The van der Waals surface area contributed by atoms with Gasteiger partial charge in [-0.1, -0.05) is 57.2 Å². The van der Waals surface area contributed by atoms with Crippen molar-refractivity contribution in [2.45, 2.75) is 25.5 Å². The van der Waals surface area contributed by atoms with Gasteiger partial charge < -0.3 is 9.47 Å². The first kappa shape index (κ1) is 19.1. The van der Waals surface area contributed by atoms with Crippen molar-refractivity contribution in [1.29, 1.82) is 0 Å². The molecule has 2 rings (SSSR count). The predicted octanol–water partition coefficient (Wildman–Crippen LogP) is 4.35. The van der Waals surface area contributed by atoms with Crippen molar-refractivity contribution < 1.29 is 19.1 Å². The molecule has 5 heteroatoms. The van der Waals surface area contributed by atoms with E-state index in [9.17, 15) is 9.59 Å². The largest absolute Gasteiger partial charge is 0.426 e. The zero-order valence-electron chi connectivity index (χ0n) is 14.6. The molecule has 0 aliphatic carbocycles. The Balaban J connectivity index is 2.11. The highest BCUT2D eigenvalue weighted by molar-refractivity contribution is 8.00. The van der Waals surface area contributed by atoms with Gasteiger partial charge in [-0.05, 0) is 24.3 Å². The molecule has 2 aromatic rings. The minimum atomic E-state index is -0.996. The van der Waals surface area contributed by atoms with E-state index in [2.05, 4.69) is 0 Å². The van der Waals surface area contributed by atoms with Gasteiger partial charge in [-0.2, -0.15) is 11.8 Å². The van der Waals surface area contributed by atoms with Crippen molar-refractivity contribution in [1.82, 2.24) is 0 Å². The fourth-order valence-electron chi connectivity index (χ4n) is 1.92. The second-order valence-electron chi connectivity index (χ2n) is 6.44.